The van der Waals surface area contributed by atoms with E-state index in [-0.39, 0.29) is 5.92 Å². The predicted molar refractivity (Wildman–Crippen MR) is 68.4 cm³/mol. The third kappa shape index (κ3) is 2.38. The van der Waals surface area contributed by atoms with Crippen molar-refractivity contribution in [3.8, 4) is 0 Å². The zero-order valence-electron chi connectivity index (χ0n) is 10.0. The van der Waals surface area contributed by atoms with Gasteiger partial charge < -0.3 is 10.6 Å². The molecule has 0 aromatic rings. The number of rotatable bonds is 3. The summed E-state index contributed by atoms with van der Waals surface area (Å²) in [6.07, 6.45) is 4.52. The number of nitrogens with zero attached hydrogens (tertiary/aromatic N) is 1. The Morgan fingerprint density at radius 1 is 1.44 bits per heavy atom. The maximum absolute atomic E-state index is 12.4. The lowest BCUT2D eigenvalue weighted by atomic mass is 9.94. The van der Waals surface area contributed by atoms with Gasteiger partial charge in [0.1, 0.15) is 0 Å². The van der Waals surface area contributed by atoms with Crippen molar-refractivity contribution in [2.24, 2.45) is 17.6 Å². The van der Waals surface area contributed by atoms with Gasteiger partial charge in [-0.25, -0.2) is 0 Å². The van der Waals surface area contributed by atoms with Crippen LogP contribution in [-0.4, -0.2) is 41.9 Å². The quantitative estimate of drug-likeness (QED) is 0.812. The first-order chi connectivity index (χ1) is 7.74. The lowest BCUT2D eigenvalue weighted by molar-refractivity contribution is -0.136. The minimum atomic E-state index is 0.209. The molecule has 0 aromatic carbocycles. The van der Waals surface area contributed by atoms with Crippen LogP contribution >= 0.6 is 11.8 Å². The number of hydrogen-bond acceptors (Lipinski definition) is 3. The molecule has 0 radical (unpaired) electrons. The number of nitrogens with two attached hydrogens (primary N) is 1. The Hall–Kier alpha value is -0.220. The van der Waals surface area contributed by atoms with E-state index in [1.165, 1.54) is 12.2 Å². The van der Waals surface area contributed by atoms with Crippen LogP contribution in [0.15, 0.2) is 0 Å². The molecule has 4 heteroatoms. The fraction of sp³-hybridized carbons (Fsp3) is 0.917. The van der Waals surface area contributed by atoms with Crippen molar-refractivity contribution >= 4 is 17.7 Å². The van der Waals surface area contributed by atoms with Crippen LogP contribution in [0.3, 0.4) is 0 Å². The summed E-state index contributed by atoms with van der Waals surface area (Å²) in [5.74, 6) is 3.31. The maximum Gasteiger partial charge on any atom is 0.226 e. The lowest BCUT2D eigenvalue weighted by Gasteiger charge is -2.29. The first kappa shape index (κ1) is 12.2. The van der Waals surface area contributed by atoms with Crippen LogP contribution in [0.25, 0.3) is 0 Å². The highest BCUT2D eigenvalue weighted by molar-refractivity contribution is 7.99. The molecule has 3 atom stereocenters. The lowest BCUT2D eigenvalue weighted by Crippen LogP contribution is -2.42. The molecule has 0 aromatic heterocycles. The van der Waals surface area contributed by atoms with Gasteiger partial charge in [-0.15, -0.1) is 0 Å². The van der Waals surface area contributed by atoms with Crippen molar-refractivity contribution in [2.45, 2.75) is 31.7 Å². The molecule has 92 valence electrons. The highest BCUT2D eigenvalue weighted by atomic mass is 32.2. The van der Waals surface area contributed by atoms with E-state index in [9.17, 15) is 4.79 Å². The Labute approximate surface area is 102 Å². The minimum Gasteiger partial charge on any atom is -0.342 e. The smallest absolute Gasteiger partial charge is 0.226 e. The van der Waals surface area contributed by atoms with Gasteiger partial charge in [-0.1, -0.05) is 6.42 Å². The van der Waals surface area contributed by atoms with E-state index in [0.717, 1.165) is 25.0 Å². The van der Waals surface area contributed by atoms with Crippen LogP contribution in [0.1, 0.15) is 25.7 Å². The van der Waals surface area contributed by atoms with Crippen LogP contribution in [-0.2, 0) is 4.79 Å². The highest BCUT2D eigenvalue weighted by Crippen LogP contribution is 2.33. The van der Waals surface area contributed by atoms with Crippen molar-refractivity contribution in [3.63, 3.8) is 0 Å². The third-order valence-electron chi connectivity index (χ3n) is 4.08. The first-order valence-electron chi connectivity index (χ1n) is 6.28. The Morgan fingerprint density at radius 3 is 2.88 bits per heavy atom. The summed E-state index contributed by atoms with van der Waals surface area (Å²) in [7, 11) is 1.98. The zero-order valence-corrected chi connectivity index (χ0v) is 10.8. The predicted octanol–water partition coefficient (Wildman–Crippen LogP) is 1.33. The molecule has 1 aliphatic heterocycles. The van der Waals surface area contributed by atoms with Gasteiger partial charge in [0.15, 0.2) is 0 Å². The van der Waals surface area contributed by atoms with Gasteiger partial charge in [0.2, 0.25) is 5.91 Å². The summed E-state index contributed by atoms with van der Waals surface area (Å²) in [5, 5.41) is 0. The van der Waals surface area contributed by atoms with E-state index in [1.807, 2.05) is 23.7 Å². The Balaban J connectivity index is 1.95. The van der Waals surface area contributed by atoms with Crippen molar-refractivity contribution in [1.29, 1.82) is 0 Å². The summed E-state index contributed by atoms with van der Waals surface area (Å²) in [6, 6.07) is 0.469. The summed E-state index contributed by atoms with van der Waals surface area (Å²) in [6.45, 7) is 0.670. The Morgan fingerprint density at radius 2 is 2.25 bits per heavy atom. The minimum absolute atomic E-state index is 0.209. The van der Waals surface area contributed by atoms with Crippen molar-refractivity contribution in [2.75, 3.05) is 25.1 Å². The molecule has 2 rings (SSSR count). The normalized spacial score (nSPS) is 34.2. The molecule has 2 fully saturated rings. The van der Waals surface area contributed by atoms with Gasteiger partial charge in [0.05, 0.1) is 0 Å². The molecule has 2 aliphatic rings. The molecule has 1 saturated heterocycles. The second-order valence-corrected chi connectivity index (χ2v) is 6.15. The van der Waals surface area contributed by atoms with Gasteiger partial charge in [0, 0.05) is 24.8 Å². The number of carbonyl (C=O) groups is 1. The molecule has 2 N–H and O–H groups in total. The van der Waals surface area contributed by atoms with Crippen molar-refractivity contribution in [3.05, 3.63) is 0 Å². The molecule has 1 saturated carbocycles. The largest absolute Gasteiger partial charge is 0.342 e. The standard InChI is InChI=1S/C12H22N2OS/c1-14(10-5-6-16-8-10)12(15)11-4-2-3-9(11)7-13/h9-11H,2-8,13H2,1H3. The van der Waals surface area contributed by atoms with Crippen LogP contribution in [0.2, 0.25) is 0 Å². The molecule has 3 nitrogen and oxygen atoms in total. The molecule has 0 bridgehead atoms. The summed E-state index contributed by atoms with van der Waals surface area (Å²) in [5.41, 5.74) is 5.74. The van der Waals surface area contributed by atoms with Crippen LogP contribution in [0.5, 0.6) is 0 Å². The molecule has 1 heterocycles. The number of carbonyl (C=O) groups excluding carboxylic acids is 1. The summed E-state index contributed by atoms with van der Waals surface area (Å²) >= 11 is 1.96. The molecule has 1 amide bonds. The Bertz CT molecular complexity index is 253. The Kier molecular flexibility index (Phi) is 4.14. The maximum atomic E-state index is 12.4. The van der Waals surface area contributed by atoms with Crippen LogP contribution in [0, 0.1) is 11.8 Å². The van der Waals surface area contributed by atoms with Crippen molar-refractivity contribution < 1.29 is 4.79 Å². The number of amides is 1. The van der Waals surface area contributed by atoms with Gasteiger partial charge in [-0.3, -0.25) is 4.79 Å². The molecule has 1 aliphatic carbocycles. The fourth-order valence-electron chi connectivity index (χ4n) is 2.91. The van der Waals surface area contributed by atoms with Gasteiger partial charge in [-0.2, -0.15) is 11.8 Å². The highest BCUT2D eigenvalue weighted by Gasteiger charge is 2.36. The second kappa shape index (κ2) is 5.41. The van der Waals surface area contributed by atoms with Gasteiger partial charge in [0.25, 0.3) is 0 Å². The molecule has 0 spiro atoms. The number of thioether (sulfide) groups is 1. The third-order valence-corrected chi connectivity index (χ3v) is 5.22. The van der Waals surface area contributed by atoms with E-state index < -0.39 is 0 Å². The molecule has 16 heavy (non-hydrogen) atoms. The monoisotopic (exact) mass is 242 g/mol. The molecular formula is C12H22N2OS. The number of hydrogen-bond donors (Lipinski definition) is 1. The average molecular weight is 242 g/mol. The topological polar surface area (TPSA) is 46.3 Å². The van der Waals surface area contributed by atoms with Gasteiger partial charge in [-0.05, 0) is 37.5 Å². The van der Waals surface area contributed by atoms with Gasteiger partial charge >= 0.3 is 0 Å². The first-order valence-corrected chi connectivity index (χ1v) is 7.44. The van der Waals surface area contributed by atoms with Crippen LogP contribution < -0.4 is 5.73 Å². The van der Waals surface area contributed by atoms with E-state index in [1.54, 1.807) is 0 Å². The second-order valence-electron chi connectivity index (χ2n) is 5.00. The molecule has 3 unspecified atom stereocenters. The van der Waals surface area contributed by atoms with E-state index in [0.29, 0.717) is 24.4 Å². The van der Waals surface area contributed by atoms with Crippen LogP contribution in [0.4, 0.5) is 0 Å². The van der Waals surface area contributed by atoms with E-state index in [4.69, 9.17) is 5.73 Å². The van der Waals surface area contributed by atoms with E-state index in [2.05, 4.69) is 0 Å². The zero-order chi connectivity index (χ0) is 11.5. The molecular weight excluding hydrogens is 220 g/mol. The summed E-state index contributed by atoms with van der Waals surface area (Å²) in [4.78, 5) is 14.4. The van der Waals surface area contributed by atoms with E-state index >= 15 is 0 Å². The summed E-state index contributed by atoms with van der Waals surface area (Å²) < 4.78 is 0. The fourth-order valence-corrected chi connectivity index (χ4v) is 4.18. The van der Waals surface area contributed by atoms with Crippen molar-refractivity contribution in [1.82, 2.24) is 4.90 Å². The SMILES string of the molecule is CN(C(=O)C1CCCC1CN)C1CCSC1. The average Bonchev–Trinajstić information content (AvgIpc) is 2.97.